The van der Waals surface area contributed by atoms with Crippen LogP contribution in [-0.4, -0.2) is 37.4 Å². The highest BCUT2D eigenvalue weighted by atomic mass is 35.5. The van der Waals surface area contributed by atoms with Gasteiger partial charge in [-0.25, -0.2) is 18.4 Å². The van der Waals surface area contributed by atoms with Crippen LogP contribution >= 0.6 is 11.6 Å². The monoisotopic (exact) mass is 459 g/mol. The number of nitrogens with zero attached hydrogens (tertiary/aromatic N) is 3. The van der Waals surface area contributed by atoms with Crippen LogP contribution in [0, 0.1) is 0 Å². The summed E-state index contributed by atoms with van der Waals surface area (Å²) in [6, 6.07) is 14.4. The van der Waals surface area contributed by atoms with Gasteiger partial charge < -0.3 is 10.2 Å². The van der Waals surface area contributed by atoms with E-state index in [4.69, 9.17) is 11.6 Å². The van der Waals surface area contributed by atoms with Crippen LogP contribution in [0.3, 0.4) is 0 Å². The summed E-state index contributed by atoms with van der Waals surface area (Å²) in [5.41, 5.74) is 0.727. The van der Waals surface area contributed by atoms with Gasteiger partial charge in [0.2, 0.25) is 5.95 Å². The van der Waals surface area contributed by atoms with E-state index in [0.717, 1.165) is 0 Å². The highest BCUT2D eigenvalue weighted by molar-refractivity contribution is 7.92. The van der Waals surface area contributed by atoms with Gasteiger partial charge in [0, 0.05) is 18.8 Å². The molecular formula is C21H22ClN5O3S. The minimum atomic E-state index is -3.75. The second kappa shape index (κ2) is 9.76. The van der Waals surface area contributed by atoms with E-state index < -0.39 is 15.9 Å². The summed E-state index contributed by atoms with van der Waals surface area (Å²) in [4.78, 5) is 23.3. The van der Waals surface area contributed by atoms with Gasteiger partial charge in [-0.1, -0.05) is 35.9 Å². The summed E-state index contributed by atoms with van der Waals surface area (Å²) in [5.74, 6) is -0.118. The molecule has 1 heterocycles. The van der Waals surface area contributed by atoms with Gasteiger partial charge >= 0.3 is 0 Å². The molecular weight excluding hydrogens is 438 g/mol. The van der Waals surface area contributed by atoms with Gasteiger partial charge in [0.05, 0.1) is 21.8 Å². The molecule has 31 heavy (non-hydrogen) atoms. The maximum Gasteiger partial charge on any atom is 0.276 e. The van der Waals surface area contributed by atoms with Gasteiger partial charge in [-0.05, 0) is 44.2 Å². The average Bonchev–Trinajstić information content (AvgIpc) is 2.76. The van der Waals surface area contributed by atoms with E-state index in [1.54, 1.807) is 36.4 Å². The Morgan fingerprint density at radius 1 is 1.03 bits per heavy atom. The van der Waals surface area contributed by atoms with Crippen molar-refractivity contribution in [1.82, 2.24) is 9.97 Å². The molecule has 0 radical (unpaired) electrons. The van der Waals surface area contributed by atoms with Crippen molar-refractivity contribution in [3.63, 3.8) is 0 Å². The number of rotatable bonds is 8. The summed E-state index contributed by atoms with van der Waals surface area (Å²) < 4.78 is 27.5. The van der Waals surface area contributed by atoms with E-state index in [1.165, 1.54) is 24.4 Å². The molecule has 1 aromatic heterocycles. The SMILES string of the molecule is CCN(CC)c1ncc(Cl)c(C(=O)Nc2cccc(NS(=O)(=O)c3ccccc3)c2)n1. The Morgan fingerprint density at radius 2 is 1.71 bits per heavy atom. The number of amides is 1. The molecule has 8 nitrogen and oxygen atoms in total. The highest BCUT2D eigenvalue weighted by Gasteiger charge is 2.18. The zero-order valence-electron chi connectivity index (χ0n) is 17.0. The molecule has 0 aliphatic heterocycles. The number of hydrogen-bond donors (Lipinski definition) is 2. The van der Waals surface area contributed by atoms with Crippen molar-refractivity contribution in [3.05, 3.63) is 71.5 Å². The first kappa shape index (κ1) is 22.5. The Hall–Kier alpha value is -3.17. The maximum absolute atomic E-state index is 12.8. The third-order valence-corrected chi connectivity index (χ3v) is 6.09. The molecule has 0 spiro atoms. The molecule has 0 aliphatic rings. The molecule has 0 saturated carbocycles. The second-order valence-electron chi connectivity index (χ2n) is 6.49. The molecule has 0 aliphatic carbocycles. The zero-order chi connectivity index (χ0) is 22.4. The Bertz CT molecular complexity index is 1170. The van der Waals surface area contributed by atoms with E-state index in [9.17, 15) is 13.2 Å². The van der Waals surface area contributed by atoms with Gasteiger partial charge in [0.15, 0.2) is 5.69 Å². The fraction of sp³-hybridized carbons (Fsp3) is 0.190. The topological polar surface area (TPSA) is 104 Å². The lowest BCUT2D eigenvalue weighted by Gasteiger charge is -2.19. The van der Waals surface area contributed by atoms with Crippen molar-refractivity contribution in [1.29, 1.82) is 0 Å². The number of nitrogens with one attached hydrogen (secondary N) is 2. The van der Waals surface area contributed by atoms with Crippen molar-refractivity contribution in [2.45, 2.75) is 18.7 Å². The lowest BCUT2D eigenvalue weighted by atomic mass is 10.2. The lowest BCUT2D eigenvalue weighted by molar-refractivity contribution is 0.102. The Labute approximate surface area is 186 Å². The smallest absolute Gasteiger partial charge is 0.276 e. The summed E-state index contributed by atoms with van der Waals surface area (Å²) in [5, 5.41) is 2.82. The van der Waals surface area contributed by atoms with Crippen LogP contribution in [0.4, 0.5) is 17.3 Å². The van der Waals surface area contributed by atoms with Crippen molar-refractivity contribution in [3.8, 4) is 0 Å². The molecule has 162 valence electrons. The highest BCUT2D eigenvalue weighted by Crippen LogP contribution is 2.22. The minimum Gasteiger partial charge on any atom is -0.341 e. The molecule has 2 N–H and O–H groups in total. The molecule has 0 atom stereocenters. The molecule has 0 unspecified atom stereocenters. The number of aromatic nitrogens is 2. The van der Waals surface area contributed by atoms with Gasteiger partial charge in [-0.2, -0.15) is 0 Å². The van der Waals surface area contributed by atoms with E-state index in [0.29, 0.717) is 30.4 Å². The number of hydrogen-bond acceptors (Lipinski definition) is 6. The minimum absolute atomic E-state index is 0.0360. The van der Waals surface area contributed by atoms with Crippen molar-refractivity contribution < 1.29 is 13.2 Å². The quantitative estimate of drug-likeness (QED) is 0.527. The molecule has 1 amide bonds. The van der Waals surface area contributed by atoms with Gasteiger partial charge in [0.25, 0.3) is 15.9 Å². The normalized spacial score (nSPS) is 11.1. The van der Waals surface area contributed by atoms with Crippen LogP contribution in [0.25, 0.3) is 0 Å². The zero-order valence-corrected chi connectivity index (χ0v) is 18.6. The Kier molecular flexibility index (Phi) is 7.09. The standard InChI is InChI=1S/C21H22ClN5O3S/c1-3-27(4-2)21-23-14-18(22)19(25-21)20(28)24-15-9-8-10-16(13-15)26-31(29,30)17-11-6-5-7-12-17/h5-14,26H,3-4H2,1-2H3,(H,24,28). The van der Waals surface area contributed by atoms with Crippen molar-refractivity contribution >= 4 is 44.9 Å². The first-order chi connectivity index (χ1) is 14.8. The summed E-state index contributed by atoms with van der Waals surface area (Å²) in [6.45, 7) is 5.29. The molecule has 0 fully saturated rings. The summed E-state index contributed by atoms with van der Waals surface area (Å²) in [6.07, 6.45) is 1.39. The summed E-state index contributed by atoms with van der Waals surface area (Å²) in [7, 11) is -3.75. The third-order valence-electron chi connectivity index (χ3n) is 4.42. The molecule has 3 aromatic rings. The van der Waals surface area contributed by atoms with Crippen LogP contribution in [0.2, 0.25) is 5.02 Å². The van der Waals surface area contributed by atoms with Gasteiger partial charge in [-0.15, -0.1) is 0 Å². The average molecular weight is 460 g/mol. The second-order valence-corrected chi connectivity index (χ2v) is 8.58. The maximum atomic E-state index is 12.8. The van der Waals surface area contributed by atoms with E-state index in [2.05, 4.69) is 20.0 Å². The largest absolute Gasteiger partial charge is 0.341 e. The predicted octanol–water partition coefficient (Wildman–Crippen LogP) is 4.03. The number of halogens is 1. The number of carbonyl (C=O) groups is 1. The van der Waals surface area contributed by atoms with Gasteiger partial charge in [-0.3, -0.25) is 9.52 Å². The predicted molar refractivity (Wildman–Crippen MR) is 122 cm³/mol. The first-order valence-corrected chi connectivity index (χ1v) is 11.5. The summed E-state index contributed by atoms with van der Waals surface area (Å²) >= 11 is 6.14. The molecule has 0 bridgehead atoms. The molecule has 10 heteroatoms. The van der Waals surface area contributed by atoms with E-state index >= 15 is 0 Å². The molecule has 2 aromatic carbocycles. The Balaban J connectivity index is 1.80. The molecule has 0 saturated heterocycles. The Morgan fingerprint density at radius 3 is 2.39 bits per heavy atom. The third kappa shape index (κ3) is 5.50. The number of carbonyl (C=O) groups excluding carboxylic acids is 1. The van der Waals surface area contributed by atoms with Gasteiger partial charge in [0.1, 0.15) is 0 Å². The first-order valence-electron chi connectivity index (χ1n) is 9.60. The fourth-order valence-electron chi connectivity index (χ4n) is 2.84. The lowest BCUT2D eigenvalue weighted by Crippen LogP contribution is -2.25. The van der Waals surface area contributed by atoms with E-state index in [1.807, 2.05) is 18.7 Å². The number of anilines is 3. The van der Waals surface area contributed by atoms with Crippen LogP contribution in [0.5, 0.6) is 0 Å². The number of benzene rings is 2. The van der Waals surface area contributed by atoms with Crippen LogP contribution in [-0.2, 0) is 10.0 Å². The van der Waals surface area contributed by atoms with Crippen LogP contribution < -0.4 is 14.9 Å². The van der Waals surface area contributed by atoms with Crippen molar-refractivity contribution in [2.24, 2.45) is 0 Å². The number of sulfonamides is 1. The van der Waals surface area contributed by atoms with E-state index in [-0.39, 0.29) is 15.6 Å². The molecule has 3 rings (SSSR count). The fourth-order valence-corrected chi connectivity index (χ4v) is 4.09. The van der Waals surface area contributed by atoms with Crippen LogP contribution in [0.15, 0.2) is 65.7 Å². The van der Waals surface area contributed by atoms with Crippen molar-refractivity contribution in [2.75, 3.05) is 28.0 Å². The van der Waals surface area contributed by atoms with Crippen LogP contribution in [0.1, 0.15) is 24.3 Å².